The fourth-order valence-electron chi connectivity index (χ4n) is 7.95. The van der Waals surface area contributed by atoms with Gasteiger partial charge in [0.05, 0.1) is 22.1 Å². The number of rotatable bonds is 4. The van der Waals surface area contributed by atoms with Gasteiger partial charge in [0.1, 0.15) is 16.8 Å². The number of fused-ring (bicyclic) bond motifs is 10. The molecule has 0 fully saturated rings. The Morgan fingerprint density at radius 1 is 0.412 bits per heavy atom. The monoisotopic (exact) mass is 652 g/mol. The van der Waals surface area contributed by atoms with E-state index in [1.54, 1.807) is 0 Å². The number of nitrogens with zero attached hydrogens (tertiary/aromatic N) is 4. The molecular weight excluding hydrogens is 625 g/mol. The van der Waals surface area contributed by atoms with E-state index in [4.69, 9.17) is 14.4 Å². The molecule has 51 heavy (non-hydrogen) atoms. The molecule has 0 aliphatic carbocycles. The molecule has 5 nitrogen and oxygen atoms in total. The number of benzene rings is 7. The summed E-state index contributed by atoms with van der Waals surface area (Å²) in [4.78, 5) is 10.2. The van der Waals surface area contributed by atoms with E-state index in [0.717, 1.165) is 55.7 Å². The highest BCUT2D eigenvalue weighted by atomic mass is 16.3. The lowest BCUT2D eigenvalue weighted by molar-refractivity contribution is 0.667. The molecular formula is C46H28N4O. The molecule has 0 aliphatic heterocycles. The number of furan rings is 1. The van der Waals surface area contributed by atoms with Crippen LogP contribution in [-0.4, -0.2) is 19.1 Å². The van der Waals surface area contributed by atoms with Gasteiger partial charge < -0.3 is 13.6 Å². The maximum atomic E-state index is 6.49. The first kappa shape index (κ1) is 27.9. The van der Waals surface area contributed by atoms with Crippen LogP contribution in [0.15, 0.2) is 174 Å². The van der Waals surface area contributed by atoms with Crippen LogP contribution in [0.4, 0.5) is 0 Å². The predicted molar refractivity (Wildman–Crippen MR) is 209 cm³/mol. The molecule has 0 spiro atoms. The van der Waals surface area contributed by atoms with Crippen molar-refractivity contribution in [1.29, 1.82) is 0 Å². The zero-order valence-corrected chi connectivity index (χ0v) is 27.4. The second-order valence-electron chi connectivity index (χ2n) is 13.0. The minimum atomic E-state index is 0.670. The van der Waals surface area contributed by atoms with Gasteiger partial charge in [-0.2, -0.15) is 0 Å². The summed E-state index contributed by atoms with van der Waals surface area (Å²) in [6, 6.07) is 59.6. The smallest absolute Gasteiger partial charge is 0.180 e. The van der Waals surface area contributed by atoms with Crippen molar-refractivity contribution in [2.24, 2.45) is 0 Å². The molecule has 0 N–H and O–H groups in total. The van der Waals surface area contributed by atoms with Gasteiger partial charge in [0.25, 0.3) is 0 Å². The number of hydrogen-bond acceptors (Lipinski definition) is 3. The predicted octanol–water partition coefficient (Wildman–Crippen LogP) is 11.9. The van der Waals surface area contributed by atoms with Gasteiger partial charge in [-0.1, -0.05) is 109 Å². The molecule has 4 heterocycles. The van der Waals surface area contributed by atoms with Crippen molar-refractivity contribution >= 4 is 65.7 Å². The van der Waals surface area contributed by atoms with Gasteiger partial charge in [-0.05, 0) is 60.7 Å². The van der Waals surface area contributed by atoms with Gasteiger partial charge in [-0.3, -0.25) is 0 Å². The Balaban J connectivity index is 1.19. The minimum absolute atomic E-state index is 0.670. The SMILES string of the molecule is c1ccc(-c2nc(-c3cccc(-n4c5ccccc5c5c6c7ccccc7n(-c7ccccc7)c6ccc54)c3)c3oc4ccccc4c3n2)cc1. The fraction of sp³-hybridized carbons (Fsp3) is 0. The Hall–Kier alpha value is -6.98. The van der Waals surface area contributed by atoms with Crippen LogP contribution in [0.25, 0.3) is 99.7 Å². The van der Waals surface area contributed by atoms with Gasteiger partial charge in [-0.15, -0.1) is 0 Å². The number of para-hydroxylation sites is 4. The van der Waals surface area contributed by atoms with Gasteiger partial charge in [-0.25, -0.2) is 9.97 Å². The molecule has 5 heteroatoms. The van der Waals surface area contributed by atoms with Gasteiger partial charge in [0, 0.05) is 49.4 Å². The fourth-order valence-corrected chi connectivity index (χ4v) is 7.95. The molecule has 4 aromatic heterocycles. The Kier molecular flexibility index (Phi) is 5.89. The van der Waals surface area contributed by atoms with Crippen LogP contribution in [-0.2, 0) is 0 Å². The standard InChI is InChI=1S/C46H28N4O/c1-3-14-29(15-4-1)46-47-43(45-44(48-46)35-22-9-12-25-40(35)51-45)30-16-13-19-32(28-30)50-37-24-11-8-21-34(37)42-39(50)27-26-38-41(42)33-20-7-10-23-36(33)49(38)31-17-5-2-6-18-31/h1-28H. The Labute approximate surface area is 292 Å². The van der Waals surface area contributed by atoms with Crippen molar-refractivity contribution in [3.63, 3.8) is 0 Å². The van der Waals surface area contributed by atoms with Gasteiger partial charge in [0.15, 0.2) is 11.4 Å². The molecule has 0 saturated carbocycles. The highest BCUT2D eigenvalue weighted by molar-refractivity contribution is 6.29. The molecule has 0 saturated heterocycles. The van der Waals surface area contributed by atoms with E-state index in [9.17, 15) is 0 Å². The normalized spacial score (nSPS) is 11.9. The molecule has 0 atom stereocenters. The first-order valence-electron chi connectivity index (χ1n) is 17.2. The first-order chi connectivity index (χ1) is 25.3. The molecule has 0 bridgehead atoms. The summed E-state index contributed by atoms with van der Waals surface area (Å²) >= 11 is 0. The quantitative estimate of drug-likeness (QED) is 0.190. The van der Waals surface area contributed by atoms with Crippen LogP contribution in [0, 0.1) is 0 Å². The third-order valence-electron chi connectivity index (χ3n) is 10.1. The maximum absolute atomic E-state index is 6.49. The lowest BCUT2D eigenvalue weighted by atomic mass is 10.1. The Morgan fingerprint density at radius 2 is 0.961 bits per heavy atom. The third kappa shape index (κ3) is 4.09. The van der Waals surface area contributed by atoms with E-state index < -0.39 is 0 Å². The number of hydrogen-bond donors (Lipinski definition) is 0. The molecule has 0 aliphatic rings. The zero-order chi connectivity index (χ0) is 33.5. The van der Waals surface area contributed by atoms with Crippen molar-refractivity contribution in [3.05, 3.63) is 170 Å². The minimum Gasteiger partial charge on any atom is -0.452 e. The van der Waals surface area contributed by atoms with Crippen LogP contribution in [0.3, 0.4) is 0 Å². The Morgan fingerprint density at radius 3 is 1.67 bits per heavy atom. The molecule has 238 valence electrons. The number of aromatic nitrogens is 4. The second kappa shape index (κ2) is 10.8. The van der Waals surface area contributed by atoms with Crippen molar-refractivity contribution in [1.82, 2.24) is 19.1 Å². The molecule has 7 aromatic carbocycles. The van der Waals surface area contributed by atoms with E-state index in [-0.39, 0.29) is 0 Å². The van der Waals surface area contributed by atoms with E-state index in [0.29, 0.717) is 11.4 Å². The zero-order valence-electron chi connectivity index (χ0n) is 27.4. The summed E-state index contributed by atoms with van der Waals surface area (Å²) in [6.07, 6.45) is 0. The van der Waals surface area contributed by atoms with Crippen molar-refractivity contribution in [3.8, 4) is 34.0 Å². The summed E-state index contributed by atoms with van der Waals surface area (Å²) in [5.41, 5.74) is 11.9. The van der Waals surface area contributed by atoms with Crippen molar-refractivity contribution in [2.75, 3.05) is 0 Å². The van der Waals surface area contributed by atoms with Gasteiger partial charge in [0.2, 0.25) is 0 Å². The second-order valence-corrected chi connectivity index (χ2v) is 13.0. The van der Waals surface area contributed by atoms with Crippen molar-refractivity contribution < 1.29 is 4.42 Å². The van der Waals surface area contributed by atoms with E-state index in [1.807, 2.05) is 36.4 Å². The van der Waals surface area contributed by atoms with Crippen LogP contribution >= 0.6 is 0 Å². The summed E-state index contributed by atoms with van der Waals surface area (Å²) in [6.45, 7) is 0. The van der Waals surface area contributed by atoms with Crippen LogP contribution < -0.4 is 0 Å². The highest BCUT2D eigenvalue weighted by Crippen LogP contribution is 2.43. The largest absolute Gasteiger partial charge is 0.452 e. The average Bonchev–Trinajstić information content (AvgIpc) is 3.86. The Bertz CT molecular complexity index is 3130. The van der Waals surface area contributed by atoms with E-state index >= 15 is 0 Å². The maximum Gasteiger partial charge on any atom is 0.180 e. The van der Waals surface area contributed by atoms with Crippen LogP contribution in [0.1, 0.15) is 0 Å². The molecule has 11 rings (SSSR count). The van der Waals surface area contributed by atoms with Crippen molar-refractivity contribution in [2.45, 2.75) is 0 Å². The summed E-state index contributed by atoms with van der Waals surface area (Å²) in [5, 5.41) is 5.93. The highest BCUT2D eigenvalue weighted by Gasteiger charge is 2.22. The van der Waals surface area contributed by atoms with E-state index in [2.05, 4.69) is 143 Å². The van der Waals surface area contributed by atoms with Crippen LogP contribution in [0.5, 0.6) is 0 Å². The molecule has 0 unspecified atom stereocenters. The topological polar surface area (TPSA) is 48.8 Å². The lowest BCUT2D eigenvalue weighted by Gasteiger charge is -2.11. The summed E-state index contributed by atoms with van der Waals surface area (Å²) in [7, 11) is 0. The first-order valence-corrected chi connectivity index (χ1v) is 17.2. The van der Waals surface area contributed by atoms with Gasteiger partial charge >= 0.3 is 0 Å². The molecule has 0 amide bonds. The summed E-state index contributed by atoms with van der Waals surface area (Å²) < 4.78 is 11.3. The molecule has 11 aromatic rings. The summed E-state index contributed by atoms with van der Waals surface area (Å²) in [5.74, 6) is 0.670. The average molecular weight is 653 g/mol. The lowest BCUT2D eigenvalue weighted by Crippen LogP contribution is -1.97. The third-order valence-corrected chi connectivity index (χ3v) is 10.1. The molecule has 0 radical (unpaired) electrons. The van der Waals surface area contributed by atoms with Crippen LogP contribution in [0.2, 0.25) is 0 Å². The van der Waals surface area contributed by atoms with E-state index in [1.165, 1.54) is 32.6 Å².